The van der Waals surface area contributed by atoms with E-state index in [1.165, 1.54) is 6.07 Å². The fraction of sp³-hybridized carbons (Fsp3) is 0.500. The number of amides is 1. The third-order valence-electron chi connectivity index (χ3n) is 3.53. The zero-order chi connectivity index (χ0) is 16.7. The Bertz CT molecular complexity index is 520. The molecule has 0 aliphatic carbocycles. The highest BCUT2D eigenvalue weighted by molar-refractivity contribution is 5.86. The number of benzene rings is 1. The van der Waals surface area contributed by atoms with Crippen molar-refractivity contribution >= 4 is 11.9 Å². The molecule has 0 aliphatic heterocycles. The third-order valence-corrected chi connectivity index (χ3v) is 3.53. The summed E-state index contributed by atoms with van der Waals surface area (Å²) in [7, 11) is 0. The number of carboxylic acid groups (broad SMARTS) is 1. The average Bonchev–Trinajstić information content (AvgIpc) is 2.46. The van der Waals surface area contributed by atoms with E-state index in [4.69, 9.17) is 10.8 Å². The molecule has 5 nitrogen and oxygen atoms in total. The summed E-state index contributed by atoms with van der Waals surface area (Å²) in [6.07, 6.45) is 1.10. The van der Waals surface area contributed by atoms with Crippen LogP contribution in [0.3, 0.4) is 0 Å². The van der Waals surface area contributed by atoms with Crippen molar-refractivity contribution in [2.75, 3.05) is 0 Å². The van der Waals surface area contributed by atoms with Gasteiger partial charge in [-0.25, -0.2) is 9.18 Å². The highest BCUT2D eigenvalue weighted by Crippen LogP contribution is 2.11. The van der Waals surface area contributed by atoms with E-state index in [-0.39, 0.29) is 18.2 Å². The molecule has 0 heterocycles. The molecule has 0 fully saturated rings. The molecule has 6 heteroatoms. The van der Waals surface area contributed by atoms with Crippen molar-refractivity contribution in [3.8, 4) is 0 Å². The van der Waals surface area contributed by atoms with E-state index in [2.05, 4.69) is 5.32 Å². The Balaban J connectivity index is 2.53. The zero-order valence-corrected chi connectivity index (χ0v) is 12.9. The Morgan fingerprint density at radius 1 is 1.32 bits per heavy atom. The number of nitrogens with two attached hydrogens (primary N) is 1. The summed E-state index contributed by atoms with van der Waals surface area (Å²) in [6.45, 7) is 3.58. The third kappa shape index (κ3) is 5.44. The number of halogens is 1. The van der Waals surface area contributed by atoms with Crippen molar-refractivity contribution < 1.29 is 19.1 Å². The molecule has 0 saturated carbocycles. The van der Waals surface area contributed by atoms with Crippen LogP contribution >= 0.6 is 0 Å². The van der Waals surface area contributed by atoms with Crippen LogP contribution in [0.1, 0.15) is 32.3 Å². The molecule has 0 aromatic heterocycles. The molecule has 122 valence electrons. The molecule has 1 amide bonds. The molecule has 2 unspecified atom stereocenters. The highest BCUT2D eigenvalue weighted by Gasteiger charge is 2.24. The van der Waals surface area contributed by atoms with Gasteiger partial charge in [-0.3, -0.25) is 4.79 Å². The lowest BCUT2D eigenvalue weighted by molar-refractivity contribution is -0.142. The molecule has 1 aromatic rings. The zero-order valence-electron chi connectivity index (χ0n) is 12.9. The molecule has 2 atom stereocenters. The van der Waals surface area contributed by atoms with Gasteiger partial charge >= 0.3 is 5.97 Å². The molecule has 0 bridgehead atoms. The van der Waals surface area contributed by atoms with Crippen LogP contribution in [-0.4, -0.2) is 29.1 Å². The first-order valence-electron chi connectivity index (χ1n) is 7.35. The van der Waals surface area contributed by atoms with Crippen molar-refractivity contribution in [1.29, 1.82) is 0 Å². The maximum absolute atomic E-state index is 13.5. The van der Waals surface area contributed by atoms with E-state index < -0.39 is 24.0 Å². The van der Waals surface area contributed by atoms with Gasteiger partial charge in [0.1, 0.15) is 11.9 Å². The largest absolute Gasteiger partial charge is 0.480 e. The van der Waals surface area contributed by atoms with E-state index in [0.29, 0.717) is 18.4 Å². The Labute approximate surface area is 129 Å². The average molecular weight is 310 g/mol. The lowest BCUT2D eigenvalue weighted by Crippen LogP contribution is -2.50. The summed E-state index contributed by atoms with van der Waals surface area (Å²) in [4.78, 5) is 23.0. The van der Waals surface area contributed by atoms with Gasteiger partial charge in [-0.2, -0.15) is 0 Å². The van der Waals surface area contributed by atoms with Crippen molar-refractivity contribution in [3.05, 3.63) is 35.6 Å². The van der Waals surface area contributed by atoms with Crippen LogP contribution < -0.4 is 11.1 Å². The summed E-state index contributed by atoms with van der Waals surface area (Å²) in [5, 5.41) is 11.6. The van der Waals surface area contributed by atoms with Gasteiger partial charge in [0.2, 0.25) is 5.91 Å². The maximum atomic E-state index is 13.5. The molecule has 1 aromatic carbocycles. The number of rotatable bonds is 8. The van der Waals surface area contributed by atoms with Crippen LogP contribution in [0, 0.1) is 11.7 Å². The molecule has 4 N–H and O–H groups in total. The summed E-state index contributed by atoms with van der Waals surface area (Å²) in [5.74, 6) is -1.97. The number of carbonyl (C=O) groups is 2. The van der Waals surface area contributed by atoms with Crippen molar-refractivity contribution in [1.82, 2.24) is 5.32 Å². The molecule has 1 rings (SSSR count). The lowest BCUT2D eigenvalue weighted by Gasteiger charge is -2.19. The van der Waals surface area contributed by atoms with E-state index in [0.717, 1.165) is 0 Å². The van der Waals surface area contributed by atoms with E-state index in [1.54, 1.807) is 32.0 Å². The first kappa shape index (κ1) is 18.1. The van der Waals surface area contributed by atoms with Crippen molar-refractivity contribution in [3.63, 3.8) is 0 Å². The minimum Gasteiger partial charge on any atom is -0.480 e. The summed E-state index contributed by atoms with van der Waals surface area (Å²) in [5.41, 5.74) is 6.23. The Morgan fingerprint density at radius 2 is 1.95 bits per heavy atom. The quantitative estimate of drug-likeness (QED) is 0.681. The van der Waals surface area contributed by atoms with Gasteiger partial charge in [-0.15, -0.1) is 0 Å². The van der Waals surface area contributed by atoms with Crippen LogP contribution in [0.25, 0.3) is 0 Å². The predicted octanol–water partition coefficient (Wildman–Crippen LogP) is 1.70. The summed E-state index contributed by atoms with van der Waals surface area (Å²) in [6, 6.07) is 4.62. The van der Waals surface area contributed by atoms with E-state index in [9.17, 15) is 14.0 Å². The summed E-state index contributed by atoms with van der Waals surface area (Å²) >= 11 is 0. The Morgan fingerprint density at radius 3 is 2.50 bits per heavy atom. The van der Waals surface area contributed by atoms with Gasteiger partial charge in [0.25, 0.3) is 0 Å². The molecule has 0 radical (unpaired) electrons. The smallest absolute Gasteiger partial charge is 0.326 e. The topological polar surface area (TPSA) is 92.4 Å². The van der Waals surface area contributed by atoms with Gasteiger partial charge in [0.15, 0.2) is 0 Å². The van der Waals surface area contributed by atoms with Gasteiger partial charge < -0.3 is 16.2 Å². The number of carboxylic acids is 1. The second-order valence-electron chi connectivity index (χ2n) is 5.65. The number of hydrogen-bond acceptors (Lipinski definition) is 3. The first-order valence-corrected chi connectivity index (χ1v) is 7.35. The van der Waals surface area contributed by atoms with E-state index in [1.807, 2.05) is 0 Å². The minimum absolute atomic E-state index is 0.0761. The van der Waals surface area contributed by atoms with Crippen LogP contribution in [-0.2, 0) is 16.0 Å². The lowest BCUT2D eigenvalue weighted by atomic mass is 10.0. The minimum atomic E-state index is -1.11. The van der Waals surface area contributed by atoms with Gasteiger partial charge in [0.05, 0.1) is 6.04 Å². The summed E-state index contributed by atoms with van der Waals surface area (Å²) < 4.78 is 13.5. The normalized spacial score (nSPS) is 13.7. The predicted molar refractivity (Wildman–Crippen MR) is 81.7 cm³/mol. The second-order valence-corrected chi connectivity index (χ2v) is 5.65. The molecule has 0 saturated heterocycles. The van der Waals surface area contributed by atoms with E-state index >= 15 is 0 Å². The molecular weight excluding hydrogens is 287 g/mol. The molecule has 0 spiro atoms. The molecule has 0 aliphatic rings. The van der Waals surface area contributed by atoms with Gasteiger partial charge in [0, 0.05) is 0 Å². The number of carbonyl (C=O) groups excluding carboxylic acids is 1. The van der Waals surface area contributed by atoms with Crippen molar-refractivity contribution in [2.45, 2.75) is 45.2 Å². The van der Waals surface area contributed by atoms with Gasteiger partial charge in [-0.1, -0.05) is 32.0 Å². The SMILES string of the molecule is CC(C)C(N)C(=O)NC(CCCc1ccccc1F)C(=O)O. The first-order chi connectivity index (χ1) is 10.3. The van der Waals surface area contributed by atoms with Crippen molar-refractivity contribution in [2.24, 2.45) is 11.7 Å². The number of hydrogen-bond donors (Lipinski definition) is 3. The fourth-order valence-corrected chi connectivity index (χ4v) is 2.03. The van der Waals surface area contributed by atoms with Crippen LogP contribution in [0.5, 0.6) is 0 Å². The van der Waals surface area contributed by atoms with Crippen LogP contribution in [0.2, 0.25) is 0 Å². The van der Waals surface area contributed by atoms with Gasteiger partial charge in [-0.05, 0) is 36.8 Å². The second kappa shape index (κ2) is 8.48. The van der Waals surface area contributed by atoms with Crippen LogP contribution in [0.15, 0.2) is 24.3 Å². The number of aliphatic carboxylic acids is 1. The van der Waals surface area contributed by atoms with Crippen LogP contribution in [0.4, 0.5) is 4.39 Å². The Kier molecular flexibility index (Phi) is 6.98. The molecule has 22 heavy (non-hydrogen) atoms. The monoisotopic (exact) mass is 310 g/mol. The molecular formula is C16H23FN2O3. The number of nitrogens with one attached hydrogen (secondary N) is 1. The maximum Gasteiger partial charge on any atom is 0.326 e. The standard InChI is InChI=1S/C16H23FN2O3/c1-10(2)14(18)15(20)19-13(16(21)22)9-5-7-11-6-3-4-8-12(11)17/h3-4,6,8,10,13-14H,5,7,9,18H2,1-2H3,(H,19,20)(H,21,22). The fourth-order valence-electron chi connectivity index (χ4n) is 2.03. The Hall–Kier alpha value is -1.95. The number of aryl methyl sites for hydroxylation is 1. The highest BCUT2D eigenvalue weighted by atomic mass is 19.1.